The maximum absolute atomic E-state index is 12.2. The van der Waals surface area contributed by atoms with E-state index >= 15 is 0 Å². The normalized spacial score (nSPS) is 13.8. The van der Waals surface area contributed by atoms with Crippen LogP contribution in [0.2, 0.25) is 0 Å². The molecule has 2 heterocycles. The van der Waals surface area contributed by atoms with Crippen LogP contribution in [0.1, 0.15) is 32.0 Å². The van der Waals surface area contributed by atoms with Gasteiger partial charge in [-0.1, -0.05) is 24.3 Å². The molecule has 1 N–H and O–H groups in total. The van der Waals surface area contributed by atoms with Crippen molar-refractivity contribution in [1.29, 1.82) is 0 Å². The molecule has 5 heteroatoms. The topological polar surface area (TPSA) is 70.5 Å². The van der Waals surface area contributed by atoms with Crippen LogP contribution in [-0.2, 0) is 13.2 Å². The van der Waals surface area contributed by atoms with Crippen LogP contribution in [0.3, 0.4) is 0 Å². The molecule has 20 heavy (non-hydrogen) atoms. The summed E-state index contributed by atoms with van der Waals surface area (Å²) in [5, 5.41) is 9.11. The van der Waals surface area contributed by atoms with Crippen molar-refractivity contribution in [2.45, 2.75) is 13.2 Å². The fourth-order valence-corrected chi connectivity index (χ4v) is 2.27. The van der Waals surface area contributed by atoms with Crippen LogP contribution < -0.4 is 0 Å². The number of amides is 2. The minimum Gasteiger partial charge on any atom is -0.392 e. The molecular weight excluding hydrogens is 256 g/mol. The fourth-order valence-electron chi connectivity index (χ4n) is 2.27. The number of aromatic nitrogens is 1. The van der Waals surface area contributed by atoms with Crippen LogP contribution in [0.25, 0.3) is 0 Å². The lowest BCUT2D eigenvalue weighted by molar-refractivity contribution is 0.0640. The quantitative estimate of drug-likeness (QED) is 0.853. The number of pyridine rings is 1. The number of hydrogen-bond donors (Lipinski definition) is 1. The van der Waals surface area contributed by atoms with Gasteiger partial charge in [0.25, 0.3) is 11.8 Å². The van der Waals surface area contributed by atoms with Crippen molar-refractivity contribution in [3.05, 3.63) is 65.0 Å². The maximum atomic E-state index is 12.2. The van der Waals surface area contributed by atoms with Crippen molar-refractivity contribution in [3.8, 4) is 0 Å². The van der Waals surface area contributed by atoms with Crippen LogP contribution in [0.15, 0.2) is 42.6 Å². The number of imide groups is 1. The molecule has 5 nitrogen and oxygen atoms in total. The van der Waals surface area contributed by atoms with Gasteiger partial charge in [0.1, 0.15) is 5.69 Å². The van der Waals surface area contributed by atoms with Gasteiger partial charge < -0.3 is 5.11 Å². The first-order chi connectivity index (χ1) is 9.70. The number of rotatable bonds is 3. The summed E-state index contributed by atoms with van der Waals surface area (Å²) in [6, 6.07) is 10.4. The maximum Gasteiger partial charge on any atom is 0.280 e. The Hall–Kier alpha value is -2.53. The smallest absolute Gasteiger partial charge is 0.280 e. The Balaban J connectivity index is 1.89. The molecule has 1 aromatic carbocycles. The highest BCUT2D eigenvalue weighted by Gasteiger charge is 2.36. The van der Waals surface area contributed by atoms with E-state index in [-0.39, 0.29) is 30.7 Å². The molecule has 1 aliphatic rings. The molecule has 0 bridgehead atoms. The van der Waals surface area contributed by atoms with Crippen LogP contribution in [0.5, 0.6) is 0 Å². The highest BCUT2D eigenvalue weighted by atomic mass is 16.3. The van der Waals surface area contributed by atoms with Gasteiger partial charge in [-0.15, -0.1) is 0 Å². The molecule has 0 radical (unpaired) electrons. The summed E-state index contributed by atoms with van der Waals surface area (Å²) < 4.78 is 0. The highest BCUT2D eigenvalue weighted by Crippen LogP contribution is 2.22. The van der Waals surface area contributed by atoms with Crippen molar-refractivity contribution in [3.63, 3.8) is 0 Å². The van der Waals surface area contributed by atoms with Crippen LogP contribution in [-0.4, -0.2) is 26.8 Å². The number of fused-ring (bicyclic) bond motifs is 1. The summed E-state index contributed by atoms with van der Waals surface area (Å²) in [7, 11) is 0. The van der Waals surface area contributed by atoms with E-state index in [2.05, 4.69) is 4.98 Å². The van der Waals surface area contributed by atoms with Gasteiger partial charge in [0, 0.05) is 6.20 Å². The molecule has 100 valence electrons. The lowest BCUT2D eigenvalue weighted by atomic mass is 10.1. The molecular formula is C15H12N2O3. The van der Waals surface area contributed by atoms with Gasteiger partial charge in [-0.2, -0.15) is 0 Å². The third-order valence-electron chi connectivity index (χ3n) is 3.25. The number of carbonyl (C=O) groups excluding carboxylic acids is 2. The first-order valence-corrected chi connectivity index (χ1v) is 6.20. The van der Waals surface area contributed by atoms with Gasteiger partial charge in [0.15, 0.2) is 0 Å². The summed E-state index contributed by atoms with van der Waals surface area (Å²) in [4.78, 5) is 29.5. The number of nitrogens with zero attached hydrogens (tertiary/aromatic N) is 2. The predicted octanol–water partition coefficient (Wildman–Crippen LogP) is 1.37. The second-order valence-electron chi connectivity index (χ2n) is 4.57. The second-order valence-corrected chi connectivity index (χ2v) is 4.57. The number of aliphatic hydroxyl groups is 1. The third kappa shape index (κ3) is 1.98. The van der Waals surface area contributed by atoms with Gasteiger partial charge in [-0.25, -0.2) is 0 Å². The molecule has 0 saturated heterocycles. The molecule has 0 fully saturated rings. The molecule has 3 rings (SSSR count). The molecule has 0 spiro atoms. The van der Waals surface area contributed by atoms with E-state index in [0.29, 0.717) is 5.56 Å². The van der Waals surface area contributed by atoms with Crippen molar-refractivity contribution >= 4 is 11.8 Å². The Morgan fingerprint density at radius 3 is 2.60 bits per heavy atom. The summed E-state index contributed by atoms with van der Waals surface area (Å²) in [5.41, 5.74) is 2.09. The van der Waals surface area contributed by atoms with Gasteiger partial charge in [-0.3, -0.25) is 19.5 Å². The minimum atomic E-state index is -0.375. The number of carbonyl (C=O) groups is 2. The van der Waals surface area contributed by atoms with Gasteiger partial charge in [-0.05, 0) is 23.3 Å². The van der Waals surface area contributed by atoms with E-state index in [9.17, 15) is 9.59 Å². The molecule has 2 aromatic rings. The average molecular weight is 268 g/mol. The zero-order valence-electron chi connectivity index (χ0n) is 10.6. The zero-order valence-corrected chi connectivity index (χ0v) is 10.6. The standard InChI is InChI=1S/C15H12N2O3/c18-9-11-4-1-3-10(7-11)8-17-14(19)12-5-2-6-16-13(12)15(17)20/h1-7,18H,8-9H2. The van der Waals surface area contributed by atoms with Gasteiger partial charge in [0.05, 0.1) is 18.7 Å². The van der Waals surface area contributed by atoms with Crippen LogP contribution >= 0.6 is 0 Å². The van der Waals surface area contributed by atoms with E-state index < -0.39 is 0 Å². The van der Waals surface area contributed by atoms with Crippen molar-refractivity contribution < 1.29 is 14.7 Å². The first kappa shape index (κ1) is 12.5. The average Bonchev–Trinajstić information content (AvgIpc) is 2.73. The lowest BCUT2D eigenvalue weighted by Crippen LogP contribution is -2.29. The summed E-state index contributed by atoms with van der Waals surface area (Å²) in [6.07, 6.45) is 1.50. The monoisotopic (exact) mass is 268 g/mol. The fraction of sp³-hybridized carbons (Fsp3) is 0.133. The van der Waals surface area contributed by atoms with Crippen LogP contribution in [0, 0.1) is 0 Å². The van der Waals surface area contributed by atoms with E-state index in [1.807, 2.05) is 6.07 Å². The van der Waals surface area contributed by atoms with E-state index in [1.54, 1.807) is 30.3 Å². The Morgan fingerprint density at radius 2 is 1.85 bits per heavy atom. The SMILES string of the molecule is O=C1c2cccnc2C(=O)N1Cc1cccc(CO)c1. The molecule has 1 aromatic heterocycles. The summed E-state index contributed by atoms with van der Waals surface area (Å²) in [6.45, 7) is 0.110. The minimum absolute atomic E-state index is 0.0719. The first-order valence-electron chi connectivity index (χ1n) is 6.20. The number of aliphatic hydroxyl groups excluding tert-OH is 1. The van der Waals surface area contributed by atoms with E-state index in [1.165, 1.54) is 11.1 Å². The summed E-state index contributed by atoms with van der Waals surface area (Å²) >= 11 is 0. The third-order valence-corrected chi connectivity index (χ3v) is 3.25. The summed E-state index contributed by atoms with van der Waals surface area (Å²) in [5.74, 6) is -0.701. The second kappa shape index (κ2) is 4.86. The highest BCUT2D eigenvalue weighted by molar-refractivity contribution is 6.20. The zero-order chi connectivity index (χ0) is 14.1. The van der Waals surface area contributed by atoms with Crippen molar-refractivity contribution in [2.24, 2.45) is 0 Å². The van der Waals surface area contributed by atoms with Crippen molar-refractivity contribution in [2.75, 3.05) is 0 Å². The largest absolute Gasteiger partial charge is 0.392 e. The van der Waals surface area contributed by atoms with E-state index in [4.69, 9.17) is 5.11 Å². The lowest BCUT2D eigenvalue weighted by Gasteiger charge is -2.14. The van der Waals surface area contributed by atoms with Gasteiger partial charge >= 0.3 is 0 Å². The molecule has 0 saturated carbocycles. The Kier molecular flexibility index (Phi) is 3.04. The predicted molar refractivity (Wildman–Crippen MR) is 70.8 cm³/mol. The molecule has 0 aliphatic carbocycles. The van der Waals surface area contributed by atoms with Gasteiger partial charge in [0.2, 0.25) is 0 Å². The Labute approximate surface area is 115 Å². The number of hydrogen-bond acceptors (Lipinski definition) is 4. The molecule has 1 aliphatic heterocycles. The molecule has 0 atom stereocenters. The van der Waals surface area contributed by atoms with Crippen molar-refractivity contribution in [1.82, 2.24) is 9.88 Å². The Bertz CT molecular complexity index is 662. The molecule has 2 amide bonds. The Morgan fingerprint density at radius 1 is 1.05 bits per heavy atom. The number of benzene rings is 1. The van der Waals surface area contributed by atoms with Crippen LogP contribution in [0.4, 0.5) is 0 Å². The van der Waals surface area contributed by atoms with E-state index in [0.717, 1.165) is 11.1 Å². The molecule has 0 unspecified atom stereocenters.